The van der Waals surface area contributed by atoms with E-state index in [-0.39, 0.29) is 23.1 Å². The van der Waals surface area contributed by atoms with Gasteiger partial charge in [0.1, 0.15) is 5.82 Å². The van der Waals surface area contributed by atoms with Crippen LogP contribution in [0.3, 0.4) is 0 Å². The van der Waals surface area contributed by atoms with Crippen LogP contribution < -0.4 is 5.32 Å². The van der Waals surface area contributed by atoms with Crippen molar-refractivity contribution < 1.29 is 18.7 Å². The summed E-state index contributed by atoms with van der Waals surface area (Å²) in [7, 11) is 0. The number of esters is 1. The zero-order valence-electron chi connectivity index (χ0n) is 13.0. The Morgan fingerprint density at radius 2 is 1.96 bits per heavy atom. The van der Waals surface area contributed by atoms with Crippen molar-refractivity contribution >= 4 is 45.5 Å². The van der Waals surface area contributed by atoms with E-state index in [4.69, 9.17) is 4.74 Å². The summed E-state index contributed by atoms with van der Waals surface area (Å²) in [5.41, 5.74) is 1.44. The standard InChI is InChI=1S/C18H12BrFN2O3/c1-10(23)21-14-6-3-11(4-7-14)17-22-16(18(24)25-17)8-12-2-5-13(19)9-15(12)20/h2-9H,1H3,(H,21,23)/b16-8-. The highest BCUT2D eigenvalue weighted by Gasteiger charge is 2.24. The lowest BCUT2D eigenvalue weighted by Crippen LogP contribution is -2.07. The van der Waals surface area contributed by atoms with Crippen LogP contribution in [0.25, 0.3) is 6.08 Å². The van der Waals surface area contributed by atoms with Gasteiger partial charge in [-0.05, 0) is 42.5 Å². The maximum absolute atomic E-state index is 13.9. The minimum atomic E-state index is -0.650. The zero-order valence-corrected chi connectivity index (χ0v) is 14.6. The molecule has 1 aliphatic heterocycles. The summed E-state index contributed by atoms with van der Waals surface area (Å²) >= 11 is 3.18. The first-order valence-electron chi connectivity index (χ1n) is 7.28. The van der Waals surface area contributed by atoms with Gasteiger partial charge in [0.05, 0.1) is 0 Å². The van der Waals surface area contributed by atoms with E-state index in [0.29, 0.717) is 15.7 Å². The zero-order chi connectivity index (χ0) is 18.0. The second-order valence-corrected chi connectivity index (χ2v) is 6.18. The molecule has 0 aliphatic carbocycles. The van der Waals surface area contributed by atoms with Crippen LogP contribution in [0.5, 0.6) is 0 Å². The molecule has 1 amide bonds. The van der Waals surface area contributed by atoms with Crippen LogP contribution in [0.1, 0.15) is 18.1 Å². The minimum absolute atomic E-state index is 0.0159. The molecule has 2 aromatic carbocycles. The minimum Gasteiger partial charge on any atom is -0.402 e. The van der Waals surface area contributed by atoms with Crippen LogP contribution in [0.2, 0.25) is 0 Å². The van der Waals surface area contributed by atoms with Crippen molar-refractivity contribution in [3.05, 3.63) is 69.6 Å². The number of aliphatic imine (C=N–C) groups is 1. The molecule has 0 saturated heterocycles. The van der Waals surface area contributed by atoms with E-state index in [0.717, 1.165) is 0 Å². The number of nitrogens with one attached hydrogen (secondary N) is 1. The molecular formula is C18H12BrFN2O3. The Labute approximate surface area is 151 Å². The molecule has 0 atom stereocenters. The predicted molar refractivity (Wildman–Crippen MR) is 95.5 cm³/mol. The second kappa shape index (κ2) is 6.98. The lowest BCUT2D eigenvalue weighted by atomic mass is 10.2. The van der Waals surface area contributed by atoms with E-state index in [1.54, 1.807) is 30.3 Å². The quantitative estimate of drug-likeness (QED) is 0.625. The van der Waals surface area contributed by atoms with Crippen LogP contribution in [0.4, 0.5) is 10.1 Å². The number of cyclic esters (lactones) is 1. The summed E-state index contributed by atoms with van der Waals surface area (Å²) in [6.07, 6.45) is 1.34. The molecule has 2 aromatic rings. The van der Waals surface area contributed by atoms with Gasteiger partial charge in [0.2, 0.25) is 11.8 Å². The largest absolute Gasteiger partial charge is 0.402 e. The smallest absolute Gasteiger partial charge is 0.363 e. The van der Waals surface area contributed by atoms with Crippen LogP contribution in [0.15, 0.2) is 57.6 Å². The molecule has 0 bridgehead atoms. The summed E-state index contributed by atoms with van der Waals surface area (Å²) in [6.45, 7) is 1.41. The Kier molecular flexibility index (Phi) is 4.76. The van der Waals surface area contributed by atoms with Crippen LogP contribution in [-0.4, -0.2) is 17.8 Å². The van der Waals surface area contributed by atoms with Gasteiger partial charge in [0, 0.05) is 28.2 Å². The first-order valence-corrected chi connectivity index (χ1v) is 8.07. The van der Waals surface area contributed by atoms with Crippen molar-refractivity contribution in [3.8, 4) is 0 Å². The monoisotopic (exact) mass is 402 g/mol. The molecule has 126 valence electrons. The van der Waals surface area contributed by atoms with Crippen LogP contribution >= 0.6 is 15.9 Å². The number of rotatable bonds is 3. The molecule has 1 heterocycles. The summed E-state index contributed by atoms with van der Waals surface area (Å²) in [5, 5.41) is 2.64. The van der Waals surface area contributed by atoms with Crippen molar-refractivity contribution in [2.75, 3.05) is 5.32 Å². The number of hydrogen-bond acceptors (Lipinski definition) is 4. The number of nitrogens with zero attached hydrogens (tertiary/aromatic N) is 1. The van der Waals surface area contributed by atoms with E-state index in [2.05, 4.69) is 26.2 Å². The number of carbonyl (C=O) groups is 2. The van der Waals surface area contributed by atoms with Gasteiger partial charge >= 0.3 is 5.97 Å². The first kappa shape index (κ1) is 17.0. The van der Waals surface area contributed by atoms with Gasteiger partial charge in [-0.1, -0.05) is 22.0 Å². The molecule has 0 radical (unpaired) electrons. The highest BCUT2D eigenvalue weighted by atomic mass is 79.9. The molecule has 1 aliphatic rings. The molecule has 1 N–H and O–H groups in total. The van der Waals surface area contributed by atoms with Gasteiger partial charge in [0.15, 0.2) is 5.70 Å². The van der Waals surface area contributed by atoms with Crippen molar-refractivity contribution in [2.24, 2.45) is 4.99 Å². The third-order valence-electron chi connectivity index (χ3n) is 3.33. The molecular weight excluding hydrogens is 391 g/mol. The number of anilines is 1. The van der Waals surface area contributed by atoms with E-state index < -0.39 is 11.8 Å². The van der Waals surface area contributed by atoms with Gasteiger partial charge in [-0.25, -0.2) is 14.2 Å². The van der Waals surface area contributed by atoms with E-state index >= 15 is 0 Å². The third-order valence-corrected chi connectivity index (χ3v) is 3.82. The van der Waals surface area contributed by atoms with Crippen molar-refractivity contribution in [1.82, 2.24) is 0 Å². The van der Waals surface area contributed by atoms with Gasteiger partial charge < -0.3 is 10.1 Å². The Balaban J connectivity index is 1.87. The lowest BCUT2D eigenvalue weighted by Gasteiger charge is -2.03. The summed E-state index contributed by atoms with van der Waals surface area (Å²) in [5.74, 6) is -1.18. The Morgan fingerprint density at radius 3 is 2.60 bits per heavy atom. The Hall–Kier alpha value is -2.80. The number of hydrogen-bond donors (Lipinski definition) is 1. The SMILES string of the molecule is CC(=O)Nc1ccc(C2=N/C(=C\c3ccc(Br)cc3F)C(=O)O2)cc1. The number of halogens is 2. The topological polar surface area (TPSA) is 67.8 Å². The number of ether oxygens (including phenoxy) is 1. The molecule has 7 heteroatoms. The van der Waals surface area contributed by atoms with Gasteiger partial charge in [-0.2, -0.15) is 0 Å². The molecule has 0 fully saturated rings. The fraction of sp³-hybridized carbons (Fsp3) is 0.0556. The maximum Gasteiger partial charge on any atom is 0.363 e. The molecule has 0 spiro atoms. The van der Waals surface area contributed by atoms with Crippen LogP contribution in [0, 0.1) is 5.82 Å². The maximum atomic E-state index is 13.9. The van der Waals surface area contributed by atoms with Crippen LogP contribution in [-0.2, 0) is 14.3 Å². The first-order chi connectivity index (χ1) is 11.9. The van der Waals surface area contributed by atoms with E-state index in [1.807, 2.05) is 0 Å². The highest BCUT2D eigenvalue weighted by Crippen LogP contribution is 2.22. The normalized spacial score (nSPS) is 15.1. The van der Waals surface area contributed by atoms with E-state index in [1.165, 1.54) is 25.1 Å². The van der Waals surface area contributed by atoms with Gasteiger partial charge in [-0.3, -0.25) is 4.79 Å². The van der Waals surface area contributed by atoms with Gasteiger partial charge in [0.25, 0.3) is 0 Å². The summed E-state index contributed by atoms with van der Waals surface area (Å²) < 4.78 is 19.6. The Bertz CT molecular complexity index is 920. The van der Waals surface area contributed by atoms with Crippen molar-refractivity contribution in [2.45, 2.75) is 6.92 Å². The third kappa shape index (κ3) is 4.00. The fourth-order valence-electron chi connectivity index (χ4n) is 2.20. The molecule has 3 rings (SSSR count). The highest BCUT2D eigenvalue weighted by molar-refractivity contribution is 9.10. The Morgan fingerprint density at radius 1 is 1.24 bits per heavy atom. The average Bonchev–Trinajstić information content (AvgIpc) is 2.91. The number of amides is 1. The molecule has 0 unspecified atom stereocenters. The van der Waals surface area contributed by atoms with E-state index in [9.17, 15) is 14.0 Å². The lowest BCUT2D eigenvalue weighted by molar-refractivity contribution is -0.129. The predicted octanol–water partition coefficient (Wildman–Crippen LogP) is 3.89. The molecule has 5 nitrogen and oxygen atoms in total. The van der Waals surface area contributed by atoms with Crippen molar-refractivity contribution in [3.63, 3.8) is 0 Å². The van der Waals surface area contributed by atoms with Crippen molar-refractivity contribution in [1.29, 1.82) is 0 Å². The average molecular weight is 403 g/mol. The summed E-state index contributed by atoms with van der Waals surface area (Å²) in [4.78, 5) is 27.1. The molecule has 25 heavy (non-hydrogen) atoms. The number of carbonyl (C=O) groups excluding carboxylic acids is 2. The summed E-state index contributed by atoms with van der Waals surface area (Å²) in [6, 6.07) is 11.2. The fourth-order valence-corrected chi connectivity index (χ4v) is 2.53. The second-order valence-electron chi connectivity index (χ2n) is 5.26. The van der Waals surface area contributed by atoms with Gasteiger partial charge in [-0.15, -0.1) is 0 Å². The molecule has 0 aromatic heterocycles. The molecule has 0 saturated carbocycles. The number of benzene rings is 2.